The zero-order chi connectivity index (χ0) is 16.6. The Morgan fingerprint density at radius 2 is 1.70 bits per heavy atom. The minimum atomic E-state index is -0.328. The fraction of sp³-hybridized carbons (Fsp3) is 0.0588. The number of carbonyl (C=O) groups excluding carboxylic acids is 1. The number of anilines is 1. The number of amides is 1. The highest BCUT2D eigenvalue weighted by molar-refractivity contribution is 6.36. The summed E-state index contributed by atoms with van der Waals surface area (Å²) < 4.78 is 13.0. The van der Waals surface area contributed by atoms with Crippen molar-refractivity contribution >= 4 is 46.6 Å². The van der Waals surface area contributed by atoms with Crippen LogP contribution in [0.2, 0.25) is 10.0 Å². The van der Waals surface area contributed by atoms with Gasteiger partial charge in [0.1, 0.15) is 5.82 Å². The third kappa shape index (κ3) is 3.28. The molecule has 0 unspecified atom stereocenters. The number of benzene rings is 2. The molecule has 116 valence electrons. The van der Waals surface area contributed by atoms with E-state index in [0.29, 0.717) is 27.0 Å². The first kappa shape index (κ1) is 15.7. The number of hydrazone groups is 1. The van der Waals surface area contributed by atoms with Crippen LogP contribution in [0.3, 0.4) is 0 Å². The van der Waals surface area contributed by atoms with Crippen molar-refractivity contribution in [2.45, 2.75) is 6.92 Å². The maximum absolute atomic E-state index is 13.0. The van der Waals surface area contributed by atoms with Gasteiger partial charge in [0.15, 0.2) is 0 Å². The number of hydrogen-bond acceptors (Lipinski definition) is 2. The fourth-order valence-electron chi connectivity index (χ4n) is 2.25. The van der Waals surface area contributed by atoms with Crippen molar-refractivity contribution in [1.29, 1.82) is 0 Å². The van der Waals surface area contributed by atoms with Crippen molar-refractivity contribution in [2.75, 3.05) is 5.01 Å². The highest BCUT2D eigenvalue weighted by Crippen LogP contribution is 2.30. The molecular weight excluding hydrogens is 338 g/mol. The lowest BCUT2D eigenvalue weighted by Gasteiger charge is -2.12. The third-order valence-corrected chi connectivity index (χ3v) is 3.77. The average molecular weight is 349 g/mol. The van der Waals surface area contributed by atoms with E-state index in [2.05, 4.69) is 5.10 Å². The minimum Gasteiger partial charge on any atom is -0.267 e. The van der Waals surface area contributed by atoms with E-state index >= 15 is 0 Å². The Balaban J connectivity index is 1.96. The first-order valence-electron chi connectivity index (χ1n) is 6.77. The van der Waals surface area contributed by atoms with Gasteiger partial charge in [0.2, 0.25) is 0 Å². The van der Waals surface area contributed by atoms with Crippen molar-refractivity contribution in [3.63, 3.8) is 0 Å². The number of carbonyl (C=O) groups is 1. The van der Waals surface area contributed by atoms with Crippen LogP contribution >= 0.6 is 23.2 Å². The maximum atomic E-state index is 13.0. The van der Waals surface area contributed by atoms with Gasteiger partial charge < -0.3 is 0 Å². The van der Waals surface area contributed by atoms with E-state index < -0.39 is 0 Å². The van der Waals surface area contributed by atoms with Crippen LogP contribution in [0.5, 0.6) is 0 Å². The molecule has 0 bridgehead atoms. The zero-order valence-electron chi connectivity index (χ0n) is 12.1. The summed E-state index contributed by atoms with van der Waals surface area (Å²) in [4.78, 5) is 12.6. The number of nitrogens with zero attached hydrogens (tertiary/aromatic N) is 2. The van der Waals surface area contributed by atoms with E-state index in [4.69, 9.17) is 23.2 Å². The summed E-state index contributed by atoms with van der Waals surface area (Å²) in [6.07, 6.45) is 1.67. The van der Waals surface area contributed by atoms with Crippen LogP contribution in [0.15, 0.2) is 53.1 Å². The number of rotatable bonds is 2. The van der Waals surface area contributed by atoms with E-state index in [-0.39, 0.29) is 11.7 Å². The molecule has 0 fully saturated rings. The largest absolute Gasteiger partial charge is 0.280 e. The molecule has 2 aromatic rings. The van der Waals surface area contributed by atoms with Gasteiger partial charge in [0.05, 0.1) is 17.0 Å². The lowest BCUT2D eigenvalue weighted by atomic mass is 10.1. The minimum absolute atomic E-state index is 0.287. The fourth-order valence-corrected chi connectivity index (χ4v) is 2.76. The summed E-state index contributed by atoms with van der Waals surface area (Å²) in [5, 5.41) is 6.35. The highest BCUT2D eigenvalue weighted by Gasteiger charge is 2.29. The van der Waals surface area contributed by atoms with Crippen LogP contribution in [0.4, 0.5) is 10.1 Å². The molecule has 0 saturated heterocycles. The SMILES string of the molecule is CC1=NN(c2cc(Cl)cc(Cl)c2)C(=O)/C1=C\c1ccc(F)cc1. The summed E-state index contributed by atoms with van der Waals surface area (Å²) in [6, 6.07) is 10.7. The Bertz CT molecular complexity index is 824. The van der Waals surface area contributed by atoms with Gasteiger partial charge in [-0.1, -0.05) is 35.3 Å². The van der Waals surface area contributed by atoms with Crippen molar-refractivity contribution in [3.05, 3.63) is 69.5 Å². The smallest absolute Gasteiger partial charge is 0.267 e. The topological polar surface area (TPSA) is 32.7 Å². The molecular formula is C17H11Cl2FN2O. The first-order valence-corrected chi connectivity index (χ1v) is 7.53. The molecule has 0 aliphatic carbocycles. The molecule has 0 radical (unpaired) electrons. The Hall–Kier alpha value is -2.17. The van der Waals surface area contributed by atoms with E-state index in [1.54, 1.807) is 43.3 Å². The van der Waals surface area contributed by atoms with Gasteiger partial charge in [-0.25, -0.2) is 4.39 Å². The molecule has 0 N–H and O–H groups in total. The lowest BCUT2D eigenvalue weighted by molar-refractivity contribution is -0.114. The van der Waals surface area contributed by atoms with Gasteiger partial charge >= 0.3 is 0 Å². The quantitative estimate of drug-likeness (QED) is 0.707. The number of hydrogen-bond donors (Lipinski definition) is 0. The van der Waals surface area contributed by atoms with Crippen molar-refractivity contribution in [1.82, 2.24) is 0 Å². The molecule has 0 spiro atoms. The van der Waals surface area contributed by atoms with Crippen molar-refractivity contribution in [2.24, 2.45) is 5.10 Å². The summed E-state index contributed by atoms with van der Waals surface area (Å²) in [5.41, 5.74) is 2.22. The zero-order valence-corrected chi connectivity index (χ0v) is 13.6. The molecule has 1 aliphatic rings. The average Bonchev–Trinajstić information content (AvgIpc) is 2.76. The maximum Gasteiger partial charge on any atom is 0.280 e. The van der Waals surface area contributed by atoms with Crippen LogP contribution in [0, 0.1) is 5.82 Å². The van der Waals surface area contributed by atoms with Crippen LogP contribution in [0.25, 0.3) is 6.08 Å². The summed E-state index contributed by atoms with van der Waals surface area (Å²) in [5.74, 6) is -0.615. The summed E-state index contributed by atoms with van der Waals surface area (Å²) >= 11 is 11.9. The second kappa shape index (κ2) is 6.14. The second-order valence-electron chi connectivity index (χ2n) is 5.04. The van der Waals surface area contributed by atoms with Gasteiger partial charge in [-0.3, -0.25) is 4.79 Å². The summed E-state index contributed by atoms with van der Waals surface area (Å²) in [6.45, 7) is 1.74. The van der Waals surface area contributed by atoms with Crippen molar-refractivity contribution < 1.29 is 9.18 Å². The molecule has 0 saturated carbocycles. The molecule has 1 heterocycles. The van der Waals surface area contributed by atoms with E-state index in [0.717, 1.165) is 5.56 Å². The third-order valence-electron chi connectivity index (χ3n) is 3.34. The van der Waals surface area contributed by atoms with Gasteiger partial charge in [0.25, 0.3) is 5.91 Å². The number of halogens is 3. The van der Waals surface area contributed by atoms with Crippen LogP contribution in [-0.2, 0) is 4.79 Å². The van der Waals surface area contributed by atoms with Crippen molar-refractivity contribution in [3.8, 4) is 0 Å². The highest BCUT2D eigenvalue weighted by atomic mass is 35.5. The van der Waals surface area contributed by atoms with Gasteiger partial charge in [0, 0.05) is 10.0 Å². The Labute approximate surface area is 142 Å². The first-order chi connectivity index (χ1) is 10.9. The van der Waals surface area contributed by atoms with E-state index in [1.807, 2.05) is 0 Å². The molecule has 2 aromatic carbocycles. The van der Waals surface area contributed by atoms with Crippen LogP contribution in [-0.4, -0.2) is 11.6 Å². The molecule has 1 amide bonds. The molecule has 0 aromatic heterocycles. The predicted octanol–water partition coefficient (Wildman–Crippen LogP) is 4.94. The normalized spacial score (nSPS) is 16.2. The molecule has 3 rings (SSSR count). The Morgan fingerprint density at radius 3 is 2.30 bits per heavy atom. The van der Waals surface area contributed by atoms with Crippen LogP contribution < -0.4 is 5.01 Å². The van der Waals surface area contributed by atoms with E-state index in [9.17, 15) is 9.18 Å². The van der Waals surface area contributed by atoms with Gasteiger partial charge in [-0.2, -0.15) is 10.1 Å². The Morgan fingerprint density at radius 1 is 1.09 bits per heavy atom. The molecule has 1 aliphatic heterocycles. The standard InChI is InChI=1S/C17H11Cl2FN2O/c1-10-16(6-11-2-4-14(20)5-3-11)17(23)22(21-10)15-8-12(18)7-13(19)9-15/h2-9H,1H3/b16-6-. The Kier molecular flexibility index (Phi) is 4.20. The molecule has 3 nitrogen and oxygen atoms in total. The molecule has 23 heavy (non-hydrogen) atoms. The summed E-state index contributed by atoms with van der Waals surface area (Å²) in [7, 11) is 0. The van der Waals surface area contributed by atoms with Gasteiger partial charge in [-0.15, -0.1) is 0 Å². The monoisotopic (exact) mass is 348 g/mol. The second-order valence-corrected chi connectivity index (χ2v) is 5.91. The van der Waals surface area contributed by atoms with E-state index in [1.165, 1.54) is 17.1 Å². The lowest BCUT2D eigenvalue weighted by Crippen LogP contribution is -2.21. The van der Waals surface area contributed by atoms with Gasteiger partial charge in [-0.05, 0) is 48.9 Å². The molecule has 6 heteroatoms. The van der Waals surface area contributed by atoms with Crippen LogP contribution in [0.1, 0.15) is 12.5 Å². The molecule has 0 atom stereocenters. The predicted molar refractivity (Wildman–Crippen MR) is 91.4 cm³/mol.